The lowest BCUT2D eigenvalue weighted by molar-refractivity contribution is -0.231. The van der Waals surface area contributed by atoms with Gasteiger partial charge in [0.05, 0.1) is 12.8 Å². The van der Waals surface area contributed by atoms with E-state index in [0.717, 1.165) is 18.3 Å². The van der Waals surface area contributed by atoms with Crippen molar-refractivity contribution >= 4 is 15.4 Å². The van der Waals surface area contributed by atoms with Gasteiger partial charge in [-0.1, -0.05) is 0 Å². The van der Waals surface area contributed by atoms with Gasteiger partial charge in [-0.3, -0.25) is 23.2 Å². The third-order valence-electron chi connectivity index (χ3n) is 4.72. The largest absolute Gasteiger partial charge is 0.778 e. The van der Waals surface area contributed by atoms with E-state index >= 15 is 0 Å². The van der Waals surface area contributed by atoms with E-state index in [4.69, 9.17) is 14.6 Å². The number of aliphatic hydroxyl groups excluding tert-OH is 5. The molecule has 5 unspecified atom stereocenters. The summed E-state index contributed by atoms with van der Waals surface area (Å²) in [5.74, 6) is -2.11. The van der Waals surface area contributed by atoms with Crippen LogP contribution >= 0.6 is 15.4 Å². The topological polar surface area (TPSA) is 273 Å². The average Bonchev–Trinajstić information content (AvgIpc) is 3.02. The van der Waals surface area contributed by atoms with Crippen molar-refractivity contribution < 1.29 is 62.8 Å². The van der Waals surface area contributed by atoms with Crippen LogP contribution in [0.5, 0.6) is 0 Å². The Bertz CT molecular complexity index is 1220. The van der Waals surface area contributed by atoms with Crippen molar-refractivity contribution in [2.24, 2.45) is 0 Å². The van der Waals surface area contributed by atoms with Gasteiger partial charge in [0.1, 0.15) is 30.7 Å². The number of nitrogens with zero attached hydrogens (tertiary/aromatic N) is 1. The Balaban J connectivity index is 1.63. The summed E-state index contributed by atoms with van der Waals surface area (Å²) in [5.41, 5.74) is -1.76. The molecule has 0 spiro atoms. The summed E-state index contributed by atoms with van der Waals surface area (Å²) in [5, 5.41) is 48.4. The number of nitrogens with one attached hydrogen (secondary N) is 1. The number of ether oxygens (including phenoxy) is 2. The molecular formula is C16H20N2O15P2-2. The molecule has 0 aliphatic carbocycles. The van der Waals surface area contributed by atoms with Crippen LogP contribution < -0.4 is 21.0 Å². The molecule has 7 atom stereocenters. The Labute approximate surface area is 194 Å². The number of hydrogen-bond acceptors (Lipinski definition) is 15. The van der Waals surface area contributed by atoms with Gasteiger partial charge < -0.3 is 53.9 Å². The predicted octanol–water partition coefficient (Wildman–Crippen LogP) is -3.75. The predicted molar refractivity (Wildman–Crippen MR) is 106 cm³/mol. The molecule has 1 aromatic heterocycles. The van der Waals surface area contributed by atoms with Gasteiger partial charge in [-0.25, -0.2) is 4.79 Å². The lowest BCUT2D eigenvalue weighted by Gasteiger charge is -2.35. The molecule has 17 nitrogen and oxygen atoms in total. The smallest absolute Gasteiger partial charge is 0.331 e. The minimum absolute atomic E-state index is 0.503. The molecule has 0 saturated carbocycles. The zero-order valence-electron chi connectivity index (χ0n) is 17.4. The minimum Gasteiger partial charge on any atom is -0.778 e. The highest BCUT2D eigenvalue weighted by Crippen LogP contribution is 2.56. The molecular weight excluding hydrogens is 522 g/mol. The van der Waals surface area contributed by atoms with Gasteiger partial charge in [0.15, 0.2) is 25.2 Å². The van der Waals surface area contributed by atoms with Gasteiger partial charge in [-0.05, 0) is 6.08 Å². The standard InChI is InChI=1S/C16H22N2O15P2/c19-4-9-12(22)8(20)3-7(31-9)6-34(26,27)33-35(28,29)30-5-10-13(23)14(24)15(32-10)18-2-1-11(21)17-16(18)25/h1-3,8-9,12,14-15,19-20,22-24H,4-6H2,(H,26,27)(H,28,29)(H,17,21,25)/p-2/t8?,9?,12?,14-,15+/m0/s1. The van der Waals surface area contributed by atoms with Gasteiger partial charge >= 0.3 is 5.69 Å². The first-order chi connectivity index (χ1) is 16.2. The molecule has 0 amide bonds. The normalized spacial score (nSPS) is 30.1. The molecule has 35 heavy (non-hydrogen) atoms. The summed E-state index contributed by atoms with van der Waals surface area (Å²) in [6, 6.07) is 0.919. The Morgan fingerprint density at radius 2 is 1.86 bits per heavy atom. The molecule has 0 fully saturated rings. The van der Waals surface area contributed by atoms with Crippen molar-refractivity contribution in [3.05, 3.63) is 56.5 Å². The summed E-state index contributed by atoms with van der Waals surface area (Å²) in [7, 11) is -10.9. The number of aromatic amines is 1. The third kappa shape index (κ3) is 6.48. The number of hydrogen-bond donors (Lipinski definition) is 6. The van der Waals surface area contributed by atoms with Crippen LogP contribution in [0.25, 0.3) is 0 Å². The molecule has 196 valence electrons. The fourth-order valence-corrected chi connectivity index (χ4v) is 5.57. The Morgan fingerprint density at radius 1 is 1.17 bits per heavy atom. The fourth-order valence-electron chi connectivity index (χ4n) is 3.10. The number of rotatable bonds is 9. The maximum Gasteiger partial charge on any atom is 0.331 e. The summed E-state index contributed by atoms with van der Waals surface area (Å²) in [4.78, 5) is 49.0. The SMILES string of the molecule is O=c1ccn([C@@H]2OC(COP(=O)([O-])OP(=O)([O-])CC3=CC(O)C(O)C(CO)O3)=C(O)[C@@H]2O)c(=O)[nH]1. The lowest BCUT2D eigenvalue weighted by atomic mass is 10.1. The van der Waals surface area contributed by atoms with Crippen molar-refractivity contribution in [2.45, 2.75) is 30.6 Å². The zero-order valence-corrected chi connectivity index (χ0v) is 19.2. The second-order valence-electron chi connectivity index (χ2n) is 7.30. The highest BCUT2D eigenvalue weighted by molar-refractivity contribution is 7.62. The Morgan fingerprint density at radius 3 is 2.49 bits per heavy atom. The highest BCUT2D eigenvalue weighted by atomic mass is 31.3. The maximum absolute atomic E-state index is 12.1. The molecule has 2 aliphatic rings. The monoisotopic (exact) mass is 542 g/mol. The molecule has 3 rings (SSSR count). The van der Waals surface area contributed by atoms with Gasteiger partial charge in [-0.15, -0.1) is 0 Å². The van der Waals surface area contributed by atoms with E-state index in [0.29, 0.717) is 4.57 Å². The summed E-state index contributed by atoms with van der Waals surface area (Å²) < 4.78 is 43.4. The molecule has 3 heterocycles. The van der Waals surface area contributed by atoms with Gasteiger partial charge in [0.25, 0.3) is 13.4 Å². The number of aromatic nitrogens is 2. The van der Waals surface area contributed by atoms with Crippen LogP contribution in [0.3, 0.4) is 0 Å². The van der Waals surface area contributed by atoms with E-state index in [1.807, 2.05) is 4.98 Å². The molecule has 0 radical (unpaired) electrons. The quantitative estimate of drug-likeness (QED) is 0.164. The third-order valence-corrected chi connectivity index (χ3v) is 7.66. The molecule has 0 saturated heterocycles. The maximum atomic E-state index is 12.1. The van der Waals surface area contributed by atoms with Crippen LogP contribution in [0, 0.1) is 0 Å². The van der Waals surface area contributed by atoms with Crippen LogP contribution in [-0.4, -0.2) is 78.9 Å². The van der Waals surface area contributed by atoms with E-state index in [9.17, 15) is 48.9 Å². The van der Waals surface area contributed by atoms with E-state index < -0.39 is 94.0 Å². The molecule has 0 aromatic carbocycles. The van der Waals surface area contributed by atoms with E-state index in [1.165, 1.54) is 0 Å². The zero-order chi connectivity index (χ0) is 26.1. The minimum atomic E-state index is -5.63. The molecule has 6 N–H and O–H groups in total. The fraction of sp³-hybridized carbons (Fsp3) is 0.500. The second kappa shape index (κ2) is 10.4. The number of allylic oxidation sites excluding steroid dienone is 1. The summed E-state index contributed by atoms with van der Waals surface area (Å²) in [6.45, 7) is -1.92. The van der Waals surface area contributed by atoms with Crippen molar-refractivity contribution in [1.82, 2.24) is 9.55 Å². The first kappa shape index (κ1) is 27.3. The number of aliphatic hydroxyl groups is 5. The van der Waals surface area contributed by atoms with E-state index in [1.54, 1.807) is 0 Å². The van der Waals surface area contributed by atoms with Gasteiger partial charge in [-0.2, -0.15) is 0 Å². The van der Waals surface area contributed by atoms with Crippen LogP contribution in [0.15, 0.2) is 45.2 Å². The molecule has 0 bridgehead atoms. The Kier molecular flexibility index (Phi) is 8.08. The van der Waals surface area contributed by atoms with Crippen LogP contribution in [0.4, 0.5) is 0 Å². The molecule has 2 aliphatic heterocycles. The van der Waals surface area contributed by atoms with Crippen LogP contribution in [0.1, 0.15) is 6.23 Å². The van der Waals surface area contributed by atoms with Crippen molar-refractivity contribution in [2.75, 3.05) is 19.4 Å². The van der Waals surface area contributed by atoms with E-state index in [-0.39, 0.29) is 0 Å². The van der Waals surface area contributed by atoms with Crippen molar-refractivity contribution in [1.29, 1.82) is 0 Å². The van der Waals surface area contributed by atoms with Crippen molar-refractivity contribution in [3.63, 3.8) is 0 Å². The van der Waals surface area contributed by atoms with Crippen LogP contribution in [-0.2, 0) is 27.4 Å². The number of phosphoric ester groups is 1. The van der Waals surface area contributed by atoms with Gasteiger partial charge in [0, 0.05) is 12.3 Å². The number of phosphoric acid groups is 1. The number of H-pyrrole nitrogens is 1. The van der Waals surface area contributed by atoms with Crippen molar-refractivity contribution in [3.8, 4) is 0 Å². The van der Waals surface area contributed by atoms with Gasteiger partial charge in [0.2, 0.25) is 6.23 Å². The first-order valence-corrected chi connectivity index (χ1v) is 12.8. The Hall–Kier alpha value is -2.30. The summed E-state index contributed by atoms with van der Waals surface area (Å²) in [6.07, 6.45) is -7.46. The lowest BCUT2D eigenvalue weighted by Crippen LogP contribution is -2.44. The van der Waals surface area contributed by atoms with E-state index in [2.05, 4.69) is 8.83 Å². The average molecular weight is 542 g/mol. The summed E-state index contributed by atoms with van der Waals surface area (Å²) >= 11 is 0. The second-order valence-corrected chi connectivity index (χ2v) is 10.6. The first-order valence-electron chi connectivity index (χ1n) is 9.62. The molecule has 19 heteroatoms. The molecule has 1 aromatic rings. The highest BCUT2D eigenvalue weighted by Gasteiger charge is 2.38. The van der Waals surface area contributed by atoms with Crippen LogP contribution in [0.2, 0.25) is 0 Å².